The topological polar surface area (TPSA) is 67.2 Å². The number of aromatic nitrogens is 2. The van der Waals surface area contributed by atoms with Crippen molar-refractivity contribution in [1.82, 2.24) is 9.55 Å². The zero-order valence-electron chi connectivity index (χ0n) is 10.4. The summed E-state index contributed by atoms with van der Waals surface area (Å²) >= 11 is 1.48. The lowest BCUT2D eigenvalue weighted by molar-refractivity contribution is 0.440. The van der Waals surface area contributed by atoms with Crippen molar-refractivity contribution < 1.29 is 5.11 Å². The molecular formula is C13H13N3O2S. The molecule has 0 spiro atoms. The average Bonchev–Trinajstić information content (AvgIpc) is 2.85. The van der Waals surface area contributed by atoms with E-state index < -0.39 is 0 Å². The monoisotopic (exact) mass is 275 g/mol. The van der Waals surface area contributed by atoms with Gasteiger partial charge in [0.15, 0.2) is 10.8 Å². The van der Waals surface area contributed by atoms with E-state index in [1.807, 2.05) is 31.2 Å². The minimum absolute atomic E-state index is 0.134. The molecule has 0 saturated carbocycles. The van der Waals surface area contributed by atoms with Gasteiger partial charge in [-0.15, -0.1) is 0 Å². The maximum atomic E-state index is 12.2. The van der Waals surface area contributed by atoms with Gasteiger partial charge in [-0.1, -0.05) is 29.5 Å². The highest BCUT2D eigenvalue weighted by molar-refractivity contribution is 7.99. The predicted octanol–water partition coefficient (Wildman–Crippen LogP) is 2.11. The van der Waals surface area contributed by atoms with Gasteiger partial charge in [0.25, 0.3) is 5.56 Å². The molecule has 0 fully saturated rings. The molecule has 1 aliphatic rings. The van der Waals surface area contributed by atoms with Gasteiger partial charge in [0, 0.05) is 18.0 Å². The van der Waals surface area contributed by atoms with Gasteiger partial charge in [0.1, 0.15) is 0 Å². The van der Waals surface area contributed by atoms with Crippen molar-refractivity contribution in [3.8, 4) is 5.88 Å². The molecule has 2 heterocycles. The molecule has 19 heavy (non-hydrogen) atoms. The number of thioether (sulfide) groups is 1. The third-order valence-electron chi connectivity index (χ3n) is 2.98. The van der Waals surface area contributed by atoms with Crippen LogP contribution in [0.15, 0.2) is 34.2 Å². The highest BCUT2D eigenvalue weighted by Crippen LogP contribution is 2.28. The second-order valence-electron chi connectivity index (χ2n) is 4.39. The van der Waals surface area contributed by atoms with E-state index in [0.717, 1.165) is 17.0 Å². The Bertz CT molecular complexity index is 680. The summed E-state index contributed by atoms with van der Waals surface area (Å²) in [6, 6.07) is 7.60. The fourth-order valence-electron chi connectivity index (χ4n) is 1.95. The lowest BCUT2D eigenvalue weighted by Crippen LogP contribution is -2.22. The van der Waals surface area contributed by atoms with Crippen LogP contribution in [0.3, 0.4) is 0 Å². The molecule has 0 radical (unpaired) electrons. The van der Waals surface area contributed by atoms with Gasteiger partial charge in [0.2, 0.25) is 5.88 Å². The van der Waals surface area contributed by atoms with Gasteiger partial charge in [-0.05, 0) is 19.1 Å². The van der Waals surface area contributed by atoms with Gasteiger partial charge < -0.3 is 10.4 Å². The van der Waals surface area contributed by atoms with Gasteiger partial charge in [-0.3, -0.25) is 9.36 Å². The van der Waals surface area contributed by atoms with Gasteiger partial charge in [-0.25, -0.2) is 0 Å². The third kappa shape index (κ3) is 2.19. The Labute approximate surface area is 114 Å². The molecule has 0 atom stereocenters. The molecule has 0 amide bonds. The fraction of sp³-hybridized carbons (Fsp3) is 0.231. The smallest absolute Gasteiger partial charge is 0.281 e. The predicted molar refractivity (Wildman–Crippen MR) is 75.3 cm³/mol. The Balaban J connectivity index is 2.02. The number of aryl methyl sites for hydroxylation is 1. The largest absolute Gasteiger partial charge is 0.492 e. The van der Waals surface area contributed by atoms with Crippen LogP contribution in [0.1, 0.15) is 5.56 Å². The molecule has 1 aliphatic heterocycles. The Morgan fingerprint density at radius 1 is 1.37 bits per heavy atom. The molecular weight excluding hydrogens is 262 g/mol. The molecule has 2 aromatic rings. The normalized spacial score (nSPS) is 13.3. The van der Waals surface area contributed by atoms with E-state index in [1.54, 1.807) is 4.57 Å². The summed E-state index contributed by atoms with van der Waals surface area (Å²) in [5.41, 5.74) is 1.80. The molecule has 0 aliphatic carbocycles. The first-order valence-electron chi connectivity index (χ1n) is 5.95. The maximum Gasteiger partial charge on any atom is 0.281 e. The summed E-state index contributed by atoms with van der Waals surface area (Å²) in [5, 5.41) is 13.4. The summed E-state index contributed by atoms with van der Waals surface area (Å²) in [4.78, 5) is 16.3. The third-order valence-corrected chi connectivity index (χ3v) is 3.94. The van der Waals surface area contributed by atoms with Gasteiger partial charge >= 0.3 is 0 Å². The van der Waals surface area contributed by atoms with Crippen molar-refractivity contribution >= 4 is 23.1 Å². The molecule has 1 aromatic heterocycles. The number of nitrogens with one attached hydrogen (secondary N) is 1. The van der Waals surface area contributed by atoms with E-state index in [-0.39, 0.29) is 17.1 Å². The number of hydrogen-bond acceptors (Lipinski definition) is 5. The van der Waals surface area contributed by atoms with Crippen LogP contribution >= 0.6 is 11.8 Å². The maximum absolute atomic E-state index is 12.2. The first kappa shape index (κ1) is 12.1. The first-order chi connectivity index (χ1) is 9.15. The summed E-state index contributed by atoms with van der Waals surface area (Å²) in [5.74, 6) is 0.571. The Morgan fingerprint density at radius 3 is 2.84 bits per heavy atom. The number of nitrogens with zero attached hydrogens (tertiary/aromatic N) is 2. The number of anilines is 2. The summed E-state index contributed by atoms with van der Waals surface area (Å²) < 4.78 is 1.58. The van der Waals surface area contributed by atoms with E-state index in [2.05, 4.69) is 10.3 Å². The van der Waals surface area contributed by atoms with Crippen LogP contribution in [0.4, 0.5) is 11.4 Å². The van der Waals surface area contributed by atoms with Crippen LogP contribution in [0.5, 0.6) is 5.88 Å². The average molecular weight is 275 g/mol. The zero-order valence-corrected chi connectivity index (χ0v) is 11.2. The van der Waals surface area contributed by atoms with E-state index in [1.165, 1.54) is 11.8 Å². The van der Waals surface area contributed by atoms with E-state index >= 15 is 0 Å². The highest BCUT2D eigenvalue weighted by atomic mass is 32.2. The lowest BCUT2D eigenvalue weighted by atomic mass is 10.2. The molecule has 3 rings (SSSR count). The second-order valence-corrected chi connectivity index (χ2v) is 5.45. The molecule has 6 heteroatoms. The molecule has 0 saturated heterocycles. The fourth-order valence-corrected chi connectivity index (χ4v) is 2.89. The summed E-state index contributed by atoms with van der Waals surface area (Å²) in [6.07, 6.45) is 0. The SMILES string of the molecule is Cc1ccc(Nc2c(O)nc3n(c2=O)CCS3)cc1. The molecule has 2 N–H and O–H groups in total. The minimum Gasteiger partial charge on any atom is -0.492 e. The second kappa shape index (κ2) is 4.62. The van der Waals surface area contributed by atoms with Gasteiger partial charge in [0.05, 0.1) is 0 Å². The van der Waals surface area contributed by atoms with Crippen LogP contribution in [-0.2, 0) is 6.54 Å². The number of hydrogen-bond donors (Lipinski definition) is 2. The van der Waals surface area contributed by atoms with Crippen LogP contribution in [0, 0.1) is 6.92 Å². The molecule has 98 valence electrons. The van der Waals surface area contributed by atoms with E-state index in [9.17, 15) is 9.90 Å². The number of fused-ring (bicyclic) bond motifs is 1. The molecule has 0 unspecified atom stereocenters. The Morgan fingerprint density at radius 2 is 2.11 bits per heavy atom. The van der Waals surface area contributed by atoms with Crippen molar-refractivity contribution in [2.45, 2.75) is 18.6 Å². The van der Waals surface area contributed by atoms with Crippen LogP contribution in [0.2, 0.25) is 0 Å². The van der Waals surface area contributed by atoms with Crippen LogP contribution < -0.4 is 10.9 Å². The van der Waals surface area contributed by atoms with Crippen molar-refractivity contribution in [2.24, 2.45) is 0 Å². The highest BCUT2D eigenvalue weighted by Gasteiger charge is 2.20. The van der Waals surface area contributed by atoms with Gasteiger partial charge in [-0.2, -0.15) is 4.98 Å². The van der Waals surface area contributed by atoms with Crippen molar-refractivity contribution in [2.75, 3.05) is 11.1 Å². The molecule has 5 nitrogen and oxygen atoms in total. The first-order valence-corrected chi connectivity index (χ1v) is 6.94. The number of aromatic hydroxyl groups is 1. The van der Waals surface area contributed by atoms with Crippen LogP contribution in [0.25, 0.3) is 0 Å². The Kier molecular flexibility index (Phi) is 2.94. The van der Waals surface area contributed by atoms with Crippen molar-refractivity contribution in [3.63, 3.8) is 0 Å². The standard InChI is InChI=1S/C13H13N3O2S/c1-8-2-4-9(5-3-8)14-10-11(17)15-13-16(12(10)18)6-7-19-13/h2-5,14,17H,6-7H2,1H3. The van der Waals surface area contributed by atoms with Crippen molar-refractivity contribution in [3.05, 3.63) is 40.2 Å². The summed E-state index contributed by atoms with van der Waals surface area (Å²) in [7, 11) is 0. The molecule has 0 bridgehead atoms. The van der Waals surface area contributed by atoms with Crippen molar-refractivity contribution in [1.29, 1.82) is 0 Å². The zero-order chi connectivity index (χ0) is 13.4. The van der Waals surface area contributed by atoms with Crippen LogP contribution in [-0.4, -0.2) is 20.4 Å². The number of benzene rings is 1. The quantitative estimate of drug-likeness (QED) is 0.822. The van der Waals surface area contributed by atoms with E-state index in [4.69, 9.17) is 0 Å². The summed E-state index contributed by atoms with van der Waals surface area (Å²) in [6.45, 7) is 2.62. The number of rotatable bonds is 2. The molecule has 1 aromatic carbocycles. The van der Waals surface area contributed by atoms with E-state index in [0.29, 0.717) is 11.7 Å². The minimum atomic E-state index is -0.244. The Hall–Kier alpha value is -1.95. The lowest BCUT2D eigenvalue weighted by Gasteiger charge is -2.10.